The number of rotatable bonds is 2. The van der Waals surface area contributed by atoms with E-state index in [1.54, 1.807) is 29.5 Å². The number of amidine groups is 2. The summed E-state index contributed by atoms with van der Waals surface area (Å²) in [5.74, 6) is 0.684. The number of benzene rings is 2. The highest BCUT2D eigenvalue weighted by molar-refractivity contribution is 6.30. The van der Waals surface area contributed by atoms with Crippen molar-refractivity contribution in [3.8, 4) is 11.1 Å². The van der Waals surface area contributed by atoms with Crippen LogP contribution in [-0.2, 0) is 7.05 Å². The summed E-state index contributed by atoms with van der Waals surface area (Å²) < 4.78 is 1.56. The topological polar surface area (TPSA) is 76.2 Å². The Morgan fingerprint density at radius 1 is 1.00 bits per heavy atom. The first kappa shape index (κ1) is 19.9. The first-order valence-corrected chi connectivity index (χ1v) is 10.00. The molecule has 152 valence electrons. The molecule has 4 rings (SSSR count). The molecular weight excluding hydrogens is 398 g/mol. The minimum atomic E-state index is -0.0599. The van der Waals surface area contributed by atoms with E-state index in [9.17, 15) is 4.79 Å². The number of nitrogens with one attached hydrogen (secondary N) is 2. The maximum Gasteiger partial charge on any atom is 0.250 e. The Labute approximate surface area is 180 Å². The Morgan fingerprint density at radius 3 is 2.37 bits per heavy atom. The SMILES string of the molecule is CC(=N)N1C(=N)CCN(c2ccc(Cl)cc2)c2cc(-c3ccc(=O)n(C)c3)ccc21. The van der Waals surface area contributed by atoms with Crippen LogP contribution in [0.25, 0.3) is 11.1 Å². The van der Waals surface area contributed by atoms with Crippen LogP contribution in [0.3, 0.4) is 0 Å². The maximum atomic E-state index is 11.8. The van der Waals surface area contributed by atoms with Crippen molar-refractivity contribution in [2.24, 2.45) is 7.05 Å². The molecule has 30 heavy (non-hydrogen) atoms. The Morgan fingerprint density at radius 2 is 1.70 bits per heavy atom. The van der Waals surface area contributed by atoms with Gasteiger partial charge in [0, 0.05) is 43.0 Å². The number of aromatic nitrogens is 1. The molecule has 0 saturated carbocycles. The second-order valence-electron chi connectivity index (χ2n) is 7.32. The van der Waals surface area contributed by atoms with Crippen LogP contribution in [0.2, 0.25) is 5.02 Å². The number of hydrogen-bond acceptors (Lipinski definition) is 4. The van der Waals surface area contributed by atoms with Crippen LogP contribution in [0.15, 0.2) is 65.6 Å². The first-order valence-electron chi connectivity index (χ1n) is 9.62. The summed E-state index contributed by atoms with van der Waals surface area (Å²) in [6, 6.07) is 17.0. The van der Waals surface area contributed by atoms with Crippen LogP contribution in [0.1, 0.15) is 13.3 Å². The molecule has 0 radical (unpaired) electrons. The van der Waals surface area contributed by atoms with E-state index in [0.29, 0.717) is 29.7 Å². The van der Waals surface area contributed by atoms with E-state index in [0.717, 1.165) is 28.2 Å². The quantitative estimate of drug-likeness (QED) is 0.452. The van der Waals surface area contributed by atoms with Gasteiger partial charge in [-0.15, -0.1) is 0 Å². The van der Waals surface area contributed by atoms with Gasteiger partial charge >= 0.3 is 0 Å². The van der Waals surface area contributed by atoms with Crippen molar-refractivity contribution < 1.29 is 0 Å². The smallest absolute Gasteiger partial charge is 0.250 e. The second kappa shape index (κ2) is 7.80. The molecule has 0 atom stereocenters. The van der Waals surface area contributed by atoms with Crippen LogP contribution in [0.4, 0.5) is 17.1 Å². The van der Waals surface area contributed by atoms with Gasteiger partial charge in [0.05, 0.1) is 11.4 Å². The fraction of sp³-hybridized carbons (Fsp3) is 0.174. The summed E-state index contributed by atoms with van der Waals surface area (Å²) >= 11 is 6.09. The summed E-state index contributed by atoms with van der Waals surface area (Å²) in [5.41, 5.74) is 4.48. The molecule has 1 aliphatic heterocycles. The average molecular weight is 420 g/mol. The minimum Gasteiger partial charge on any atom is -0.339 e. The van der Waals surface area contributed by atoms with Crippen molar-refractivity contribution in [1.29, 1.82) is 10.8 Å². The Hall–Kier alpha value is -3.38. The van der Waals surface area contributed by atoms with E-state index < -0.39 is 0 Å². The molecule has 0 saturated heterocycles. The molecule has 1 aliphatic rings. The number of fused-ring (bicyclic) bond motifs is 1. The van der Waals surface area contributed by atoms with Crippen molar-refractivity contribution in [2.45, 2.75) is 13.3 Å². The van der Waals surface area contributed by atoms with Crippen molar-refractivity contribution in [3.63, 3.8) is 0 Å². The van der Waals surface area contributed by atoms with E-state index in [2.05, 4.69) is 11.0 Å². The molecule has 2 heterocycles. The third-order valence-electron chi connectivity index (χ3n) is 5.24. The fourth-order valence-electron chi connectivity index (χ4n) is 3.74. The number of pyridine rings is 1. The van der Waals surface area contributed by atoms with E-state index in [1.807, 2.05) is 48.7 Å². The highest BCUT2D eigenvalue weighted by Crippen LogP contribution is 2.40. The van der Waals surface area contributed by atoms with Crippen LogP contribution in [0, 0.1) is 10.8 Å². The molecule has 0 unspecified atom stereocenters. The lowest BCUT2D eigenvalue weighted by molar-refractivity contribution is 0.862. The molecule has 0 fully saturated rings. The molecule has 6 nitrogen and oxygen atoms in total. The van der Waals surface area contributed by atoms with Gasteiger partial charge in [-0.2, -0.15) is 0 Å². The van der Waals surface area contributed by atoms with Gasteiger partial charge in [-0.25, -0.2) is 0 Å². The lowest BCUT2D eigenvalue weighted by atomic mass is 10.0. The highest BCUT2D eigenvalue weighted by Gasteiger charge is 2.26. The first-order chi connectivity index (χ1) is 14.3. The number of hydrogen-bond donors (Lipinski definition) is 2. The third-order valence-corrected chi connectivity index (χ3v) is 5.49. The van der Waals surface area contributed by atoms with E-state index in [4.69, 9.17) is 22.4 Å². The second-order valence-corrected chi connectivity index (χ2v) is 7.75. The molecule has 0 bridgehead atoms. The van der Waals surface area contributed by atoms with E-state index in [-0.39, 0.29) is 5.56 Å². The lowest BCUT2D eigenvalue weighted by Gasteiger charge is -2.27. The number of halogens is 1. The molecule has 0 aliphatic carbocycles. The Balaban J connectivity index is 1.91. The lowest BCUT2D eigenvalue weighted by Crippen LogP contribution is -2.33. The summed E-state index contributed by atoms with van der Waals surface area (Å²) in [6.45, 7) is 2.30. The molecular formula is C23H22ClN5O. The Bertz CT molecular complexity index is 1200. The Kier molecular flexibility index (Phi) is 5.18. The zero-order valence-corrected chi connectivity index (χ0v) is 17.6. The van der Waals surface area contributed by atoms with Gasteiger partial charge in [0.25, 0.3) is 0 Å². The number of anilines is 3. The van der Waals surface area contributed by atoms with Crippen molar-refractivity contribution in [1.82, 2.24) is 4.57 Å². The maximum absolute atomic E-state index is 11.8. The highest BCUT2D eigenvalue weighted by atomic mass is 35.5. The number of aryl methyl sites for hydroxylation is 1. The summed E-state index contributed by atoms with van der Waals surface area (Å²) in [5, 5.41) is 17.4. The molecule has 7 heteroatoms. The minimum absolute atomic E-state index is 0.0599. The van der Waals surface area contributed by atoms with Crippen molar-refractivity contribution >= 4 is 40.3 Å². The standard InChI is InChI=1S/C23H22ClN5O/c1-15(25)29-20-9-3-16(17-4-10-23(30)27(2)14-17)13-21(20)28(12-11-22(29)26)19-7-5-18(24)6-8-19/h3-10,13-14,25-26H,11-12H2,1-2H3. The summed E-state index contributed by atoms with van der Waals surface area (Å²) in [6.07, 6.45) is 2.32. The van der Waals surface area contributed by atoms with Gasteiger partial charge in [-0.3, -0.25) is 20.5 Å². The summed E-state index contributed by atoms with van der Waals surface area (Å²) in [4.78, 5) is 15.6. The third kappa shape index (κ3) is 3.62. The van der Waals surface area contributed by atoms with Gasteiger partial charge in [-0.05, 0) is 60.5 Å². The van der Waals surface area contributed by atoms with Gasteiger partial charge in [-0.1, -0.05) is 17.7 Å². The molecule has 1 aromatic heterocycles. The average Bonchev–Trinajstić information content (AvgIpc) is 2.86. The van der Waals surface area contributed by atoms with Gasteiger partial charge in [0.1, 0.15) is 11.7 Å². The van der Waals surface area contributed by atoms with Crippen molar-refractivity contribution in [3.05, 3.63) is 76.2 Å². The normalized spacial score (nSPS) is 13.8. The molecule has 2 aromatic carbocycles. The molecule has 3 aromatic rings. The van der Waals surface area contributed by atoms with Crippen LogP contribution >= 0.6 is 11.6 Å². The van der Waals surface area contributed by atoms with Gasteiger partial charge in [0.15, 0.2) is 0 Å². The van der Waals surface area contributed by atoms with Gasteiger partial charge in [0.2, 0.25) is 5.56 Å². The molecule has 2 N–H and O–H groups in total. The zero-order chi connectivity index (χ0) is 21.4. The van der Waals surface area contributed by atoms with Gasteiger partial charge < -0.3 is 9.47 Å². The van der Waals surface area contributed by atoms with Crippen LogP contribution in [0.5, 0.6) is 0 Å². The molecule has 0 spiro atoms. The fourth-order valence-corrected chi connectivity index (χ4v) is 3.87. The summed E-state index contributed by atoms with van der Waals surface area (Å²) in [7, 11) is 1.73. The predicted molar refractivity (Wildman–Crippen MR) is 124 cm³/mol. The molecule has 0 amide bonds. The van der Waals surface area contributed by atoms with E-state index in [1.165, 1.54) is 0 Å². The monoisotopic (exact) mass is 419 g/mol. The predicted octanol–water partition coefficient (Wildman–Crippen LogP) is 5.03. The largest absolute Gasteiger partial charge is 0.339 e. The zero-order valence-electron chi connectivity index (χ0n) is 16.8. The number of nitrogens with zero attached hydrogens (tertiary/aromatic N) is 3. The van der Waals surface area contributed by atoms with Crippen molar-refractivity contribution in [2.75, 3.05) is 16.3 Å². The van der Waals surface area contributed by atoms with Crippen LogP contribution in [-0.4, -0.2) is 22.8 Å². The van der Waals surface area contributed by atoms with E-state index >= 15 is 0 Å². The van der Waals surface area contributed by atoms with Crippen LogP contribution < -0.4 is 15.4 Å².